The van der Waals surface area contributed by atoms with Crippen molar-refractivity contribution in [3.63, 3.8) is 0 Å². The summed E-state index contributed by atoms with van der Waals surface area (Å²) < 4.78 is 3.77. The molecule has 0 unspecified atom stereocenters. The average molecular weight is 316 g/mol. The van der Waals surface area contributed by atoms with Gasteiger partial charge in [0.15, 0.2) is 5.17 Å². The zero-order chi connectivity index (χ0) is 14.8. The van der Waals surface area contributed by atoms with E-state index in [1.165, 1.54) is 23.3 Å². The summed E-state index contributed by atoms with van der Waals surface area (Å²) in [6, 6.07) is 6.06. The highest BCUT2D eigenvalue weighted by Crippen LogP contribution is 2.29. The van der Waals surface area contributed by atoms with Crippen molar-refractivity contribution < 1.29 is 4.79 Å². The number of aliphatic imine (C=N–C) groups is 1. The van der Waals surface area contributed by atoms with Gasteiger partial charge < -0.3 is 5.32 Å². The van der Waals surface area contributed by atoms with Crippen molar-refractivity contribution in [1.29, 1.82) is 0 Å². The molecule has 0 spiro atoms. The number of benzene rings is 1. The highest BCUT2D eigenvalue weighted by Gasteiger charge is 2.24. The fourth-order valence-electron chi connectivity index (χ4n) is 1.80. The maximum absolute atomic E-state index is 11.9. The molecule has 5 nitrogen and oxygen atoms in total. The van der Waals surface area contributed by atoms with Crippen LogP contribution in [0.3, 0.4) is 0 Å². The van der Waals surface area contributed by atoms with Crippen molar-refractivity contribution in [2.75, 3.05) is 0 Å². The van der Waals surface area contributed by atoms with Gasteiger partial charge in [0.25, 0.3) is 5.91 Å². The van der Waals surface area contributed by atoms with Crippen LogP contribution in [0.1, 0.15) is 16.8 Å². The van der Waals surface area contributed by atoms with Gasteiger partial charge in [0, 0.05) is 5.38 Å². The number of amidine groups is 1. The van der Waals surface area contributed by atoms with E-state index < -0.39 is 0 Å². The van der Waals surface area contributed by atoms with Gasteiger partial charge in [0.05, 0.1) is 16.3 Å². The molecule has 1 saturated heterocycles. The van der Waals surface area contributed by atoms with Gasteiger partial charge in [-0.1, -0.05) is 16.6 Å². The van der Waals surface area contributed by atoms with Crippen molar-refractivity contribution in [2.45, 2.75) is 13.8 Å². The van der Waals surface area contributed by atoms with E-state index >= 15 is 0 Å². The van der Waals surface area contributed by atoms with Gasteiger partial charge in [-0.3, -0.25) is 4.79 Å². The first-order valence-corrected chi connectivity index (χ1v) is 7.91. The van der Waals surface area contributed by atoms with Crippen LogP contribution in [0.15, 0.2) is 33.5 Å². The zero-order valence-corrected chi connectivity index (χ0v) is 13.1. The number of carbonyl (C=O) groups is 1. The van der Waals surface area contributed by atoms with Crippen LogP contribution in [0, 0.1) is 13.8 Å². The number of aryl methyl sites for hydroxylation is 2. The van der Waals surface area contributed by atoms with E-state index in [4.69, 9.17) is 0 Å². The van der Waals surface area contributed by atoms with Gasteiger partial charge in [0.2, 0.25) is 0 Å². The van der Waals surface area contributed by atoms with Crippen LogP contribution in [0.25, 0.3) is 6.08 Å². The molecule has 1 aliphatic heterocycles. The molecule has 1 fully saturated rings. The van der Waals surface area contributed by atoms with E-state index in [-0.39, 0.29) is 5.91 Å². The second kappa shape index (κ2) is 5.79. The molecule has 0 atom stereocenters. The van der Waals surface area contributed by atoms with E-state index in [2.05, 4.69) is 19.9 Å². The van der Waals surface area contributed by atoms with E-state index in [1.54, 1.807) is 11.5 Å². The Balaban J connectivity index is 1.87. The molecule has 0 radical (unpaired) electrons. The van der Waals surface area contributed by atoms with Gasteiger partial charge in [-0.2, -0.15) is 0 Å². The highest BCUT2D eigenvalue weighted by atomic mass is 32.2. The first-order valence-electron chi connectivity index (χ1n) is 6.26. The molecule has 1 aliphatic rings. The number of thioether (sulfide) groups is 1. The SMILES string of the molecule is Cc1ccc(C)c(N=C2NC(=O)/C(=C\c3csnn3)S2)c1. The normalized spacial score (nSPS) is 18.5. The third-order valence-corrected chi connectivity index (χ3v) is 4.33. The molecule has 2 heterocycles. The van der Waals surface area contributed by atoms with Gasteiger partial charge in [-0.05, 0) is 60.4 Å². The zero-order valence-electron chi connectivity index (χ0n) is 11.5. The molecule has 106 valence electrons. The number of aromatic nitrogens is 2. The van der Waals surface area contributed by atoms with Gasteiger partial charge >= 0.3 is 0 Å². The summed E-state index contributed by atoms with van der Waals surface area (Å²) in [5.41, 5.74) is 3.77. The predicted octanol–water partition coefficient (Wildman–Crippen LogP) is 3.05. The fourth-order valence-corrected chi connectivity index (χ4v) is 3.03. The lowest BCUT2D eigenvalue weighted by Crippen LogP contribution is -2.19. The molecule has 3 rings (SSSR count). The maximum Gasteiger partial charge on any atom is 0.264 e. The van der Waals surface area contributed by atoms with Crippen molar-refractivity contribution in [3.8, 4) is 0 Å². The molecule has 1 N–H and O–H groups in total. The smallest absolute Gasteiger partial charge is 0.264 e. The number of nitrogens with one attached hydrogen (secondary N) is 1. The summed E-state index contributed by atoms with van der Waals surface area (Å²) in [5, 5.41) is 9.06. The molecular formula is C14H12N4OS2. The Bertz CT molecular complexity index is 750. The first kappa shape index (κ1) is 14.0. The van der Waals surface area contributed by atoms with Crippen LogP contribution in [-0.4, -0.2) is 20.7 Å². The second-order valence-corrected chi connectivity index (χ2v) is 6.24. The number of rotatable bonds is 2. The van der Waals surface area contributed by atoms with Crippen molar-refractivity contribution in [1.82, 2.24) is 14.9 Å². The Morgan fingerprint density at radius 1 is 1.33 bits per heavy atom. The fraction of sp³-hybridized carbons (Fsp3) is 0.143. The Morgan fingerprint density at radius 2 is 2.19 bits per heavy atom. The summed E-state index contributed by atoms with van der Waals surface area (Å²) in [7, 11) is 0. The standard InChI is InChI=1S/C14H12N4OS2/c1-8-3-4-9(2)11(5-8)15-14-16-13(19)12(21-14)6-10-7-20-18-17-10/h3-7H,1-2H3,(H,15,16,19)/b12-6+. The van der Waals surface area contributed by atoms with E-state index in [9.17, 15) is 4.79 Å². The summed E-state index contributed by atoms with van der Waals surface area (Å²) in [6.07, 6.45) is 1.72. The second-order valence-electron chi connectivity index (χ2n) is 4.60. The molecule has 1 amide bonds. The van der Waals surface area contributed by atoms with Gasteiger partial charge in [0.1, 0.15) is 0 Å². The number of hydrogen-bond donors (Lipinski definition) is 1. The number of amides is 1. The number of hydrogen-bond acceptors (Lipinski definition) is 6. The molecule has 0 saturated carbocycles. The van der Waals surface area contributed by atoms with Crippen LogP contribution in [0.5, 0.6) is 0 Å². The molecule has 0 aliphatic carbocycles. The Morgan fingerprint density at radius 3 is 2.95 bits per heavy atom. The van der Waals surface area contributed by atoms with Crippen LogP contribution in [0.2, 0.25) is 0 Å². The maximum atomic E-state index is 11.9. The Kier molecular flexibility index (Phi) is 3.85. The van der Waals surface area contributed by atoms with Crippen LogP contribution in [-0.2, 0) is 4.79 Å². The molecule has 0 bridgehead atoms. The van der Waals surface area contributed by atoms with Crippen molar-refractivity contribution >= 4 is 46.1 Å². The topological polar surface area (TPSA) is 67.2 Å². The minimum absolute atomic E-state index is 0.156. The molecule has 1 aromatic heterocycles. The minimum atomic E-state index is -0.156. The Labute approximate surface area is 130 Å². The Hall–Kier alpha value is -1.99. The van der Waals surface area contributed by atoms with Crippen LogP contribution < -0.4 is 5.32 Å². The van der Waals surface area contributed by atoms with E-state index in [0.29, 0.717) is 15.8 Å². The summed E-state index contributed by atoms with van der Waals surface area (Å²) >= 11 is 2.57. The predicted molar refractivity (Wildman–Crippen MR) is 86.6 cm³/mol. The van der Waals surface area contributed by atoms with Crippen LogP contribution >= 0.6 is 23.3 Å². The summed E-state index contributed by atoms with van der Waals surface area (Å²) in [4.78, 5) is 17.0. The largest absolute Gasteiger partial charge is 0.300 e. The summed E-state index contributed by atoms with van der Waals surface area (Å²) in [5.74, 6) is -0.156. The molecule has 2 aromatic rings. The van der Waals surface area contributed by atoms with Crippen molar-refractivity contribution in [3.05, 3.63) is 45.3 Å². The monoisotopic (exact) mass is 316 g/mol. The summed E-state index contributed by atoms with van der Waals surface area (Å²) in [6.45, 7) is 4.02. The lowest BCUT2D eigenvalue weighted by molar-refractivity contribution is -0.115. The molecule has 7 heteroatoms. The number of nitrogens with zero attached hydrogens (tertiary/aromatic N) is 3. The molecular weight excluding hydrogens is 304 g/mol. The third kappa shape index (κ3) is 3.20. The van der Waals surface area contributed by atoms with Crippen LogP contribution in [0.4, 0.5) is 5.69 Å². The molecule has 1 aromatic carbocycles. The first-order chi connectivity index (χ1) is 10.1. The lowest BCUT2D eigenvalue weighted by Gasteiger charge is -2.02. The number of carbonyl (C=O) groups excluding carboxylic acids is 1. The van der Waals surface area contributed by atoms with Gasteiger partial charge in [-0.15, -0.1) is 5.10 Å². The van der Waals surface area contributed by atoms with Crippen molar-refractivity contribution in [2.24, 2.45) is 4.99 Å². The minimum Gasteiger partial charge on any atom is -0.300 e. The highest BCUT2D eigenvalue weighted by molar-refractivity contribution is 8.18. The third-order valence-electron chi connectivity index (χ3n) is 2.89. The quantitative estimate of drug-likeness (QED) is 0.865. The van der Waals surface area contributed by atoms with Gasteiger partial charge in [-0.25, -0.2) is 4.99 Å². The van der Waals surface area contributed by atoms with E-state index in [0.717, 1.165) is 16.8 Å². The lowest BCUT2D eigenvalue weighted by atomic mass is 10.1. The van der Waals surface area contributed by atoms with E-state index in [1.807, 2.05) is 32.0 Å². The molecule has 21 heavy (non-hydrogen) atoms. The average Bonchev–Trinajstić information content (AvgIpc) is 3.06.